The van der Waals surface area contributed by atoms with Gasteiger partial charge in [-0.2, -0.15) is 0 Å². The number of ketones is 1. The molecule has 0 bridgehead atoms. The van der Waals surface area contributed by atoms with Crippen LogP contribution in [0.2, 0.25) is 0 Å². The van der Waals surface area contributed by atoms with Crippen LogP contribution in [0.5, 0.6) is 5.75 Å². The molecule has 17 heavy (non-hydrogen) atoms. The molecule has 3 nitrogen and oxygen atoms in total. The number of Topliss-reactive ketones (excluding diaryl/α,β-unsaturated/α-hetero) is 1. The van der Waals surface area contributed by atoms with Crippen LogP contribution in [-0.2, 0) is 0 Å². The lowest BCUT2D eigenvalue weighted by Gasteiger charge is -2.19. The molecule has 0 heterocycles. The second-order valence-electron chi connectivity index (χ2n) is 4.42. The third-order valence-electron chi connectivity index (χ3n) is 3.22. The van der Waals surface area contributed by atoms with Gasteiger partial charge in [0.25, 0.3) is 0 Å². The molecule has 0 aliphatic heterocycles. The van der Waals surface area contributed by atoms with Gasteiger partial charge >= 0.3 is 0 Å². The Labute approximate surface area is 102 Å². The zero-order chi connectivity index (χ0) is 12.3. The molecular weight excluding hydrogens is 214 g/mol. The van der Waals surface area contributed by atoms with E-state index in [0.717, 1.165) is 6.54 Å². The van der Waals surface area contributed by atoms with E-state index in [-0.39, 0.29) is 5.78 Å². The maximum absolute atomic E-state index is 12.2. The summed E-state index contributed by atoms with van der Waals surface area (Å²) >= 11 is 0. The number of carbonyl (C=O) groups is 1. The number of likely N-dealkylation sites (N-methyl/N-ethyl adjacent to an activating group) is 1. The quantitative estimate of drug-likeness (QED) is 0.706. The number of rotatable bonds is 6. The summed E-state index contributed by atoms with van der Waals surface area (Å²) in [5.41, 5.74) is 0.689. The molecule has 1 aromatic carbocycles. The molecule has 0 N–H and O–H groups in total. The Balaban J connectivity index is 2.07. The van der Waals surface area contributed by atoms with Crippen LogP contribution in [0, 0.1) is 0 Å². The summed E-state index contributed by atoms with van der Waals surface area (Å²) in [6, 6.07) is 8.05. The first-order valence-corrected chi connectivity index (χ1v) is 6.16. The summed E-state index contributed by atoms with van der Waals surface area (Å²) in [5, 5.41) is 0. The van der Waals surface area contributed by atoms with Crippen molar-refractivity contribution < 1.29 is 9.53 Å². The number of benzene rings is 1. The molecule has 0 amide bonds. The average molecular weight is 233 g/mol. The van der Waals surface area contributed by atoms with Gasteiger partial charge in [-0.3, -0.25) is 9.69 Å². The maximum Gasteiger partial charge on any atom is 0.180 e. The van der Waals surface area contributed by atoms with E-state index in [0.29, 0.717) is 23.9 Å². The van der Waals surface area contributed by atoms with Crippen molar-refractivity contribution in [3.8, 4) is 5.75 Å². The summed E-state index contributed by atoms with van der Waals surface area (Å²) in [4.78, 5) is 14.4. The van der Waals surface area contributed by atoms with E-state index in [1.165, 1.54) is 12.8 Å². The fourth-order valence-electron chi connectivity index (χ4n) is 2.08. The molecule has 1 aliphatic rings. The van der Waals surface area contributed by atoms with Crippen LogP contribution in [0.1, 0.15) is 30.1 Å². The minimum atomic E-state index is 0.149. The van der Waals surface area contributed by atoms with Crippen LogP contribution < -0.4 is 4.74 Å². The molecule has 1 saturated carbocycles. The average Bonchev–Trinajstić information content (AvgIpc) is 3.19. The number of ether oxygens (including phenoxy) is 1. The number of para-hydroxylation sites is 1. The first kappa shape index (κ1) is 12.1. The summed E-state index contributed by atoms with van der Waals surface area (Å²) in [6.45, 7) is 3.54. The molecule has 0 aromatic heterocycles. The number of hydrogen-bond donors (Lipinski definition) is 0. The molecule has 2 rings (SSSR count). The monoisotopic (exact) mass is 233 g/mol. The minimum absolute atomic E-state index is 0.149. The number of hydrogen-bond acceptors (Lipinski definition) is 3. The van der Waals surface area contributed by atoms with Crippen LogP contribution in [0.4, 0.5) is 0 Å². The van der Waals surface area contributed by atoms with Crippen molar-refractivity contribution in [2.45, 2.75) is 25.8 Å². The largest absolute Gasteiger partial charge is 0.496 e. The molecule has 0 atom stereocenters. The molecule has 3 heteroatoms. The van der Waals surface area contributed by atoms with E-state index in [1.807, 2.05) is 24.3 Å². The first-order valence-electron chi connectivity index (χ1n) is 6.16. The molecule has 0 saturated heterocycles. The lowest BCUT2D eigenvalue weighted by Crippen LogP contribution is -2.31. The zero-order valence-corrected chi connectivity index (χ0v) is 10.5. The van der Waals surface area contributed by atoms with E-state index < -0.39 is 0 Å². The lowest BCUT2D eigenvalue weighted by atomic mass is 10.1. The fourth-order valence-corrected chi connectivity index (χ4v) is 2.08. The second kappa shape index (κ2) is 5.32. The van der Waals surface area contributed by atoms with Gasteiger partial charge in [-0.15, -0.1) is 0 Å². The molecule has 0 radical (unpaired) electrons. The SMILES string of the molecule is CCN(CC(=O)c1ccccc1OC)C1CC1. The molecular formula is C14H19NO2. The van der Waals surface area contributed by atoms with Crippen molar-refractivity contribution in [3.63, 3.8) is 0 Å². The number of methoxy groups -OCH3 is 1. The second-order valence-corrected chi connectivity index (χ2v) is 4.42. The van der Waals surface area contributed by atoms with E-state index >= 15 is 0 Å². The van der Waals surface area contributed by atoms with Crippen molar-refractivity contribution in [2.24, 2.45) is 0 Å². The van der Waals surface area contributed by atoms with E-state index in [2.05, 4.69) is 11.8 Å². The van der Waals surface area contributed by atoms with Gasteiger partial charge in [-0.1, -0.05) is 19.1 Å². The zero-order valence-electron chi connectivity index (χ0n) is 10.5. The van der Waals surface area contributed by atoms with E-state index in [4.69, 9.17) is 4.74 Å². The highest BCUT2D eigenvalue weighted by molar-refractivity contribution is 6.00. The predicted molar refractivity (Wildman–Crippen MR) is 67.6 cm³/mol. The van der Waals surface area contributed by atoms with Gasteiger partial charge in [0, 0.05) is 6.04 Å². The van der Waals surface area contributed by atoms with Crippen LogP contribution in [0.25, 0.3) is 0 Å². The molecule has 0 spiro atoms. The van der Waals surface area contributed by atoms with Gasteiger partial charge in [0.15, 0.2) is 5.78 Å². The van der Waals surface area contributed by atoms with Crippen molar-refractivity contribution in [2.75, 3.05) is 20.2 Å². The number of nitrogens with zero attached hydrogens (tertiary/aromatic N) is 1. The Bertz CT molecular complexity index is 399. The lowest BCUT2D eigenvalue weighted by molar-refractivity contribution is 0.0925. The van der Waals surface area contributed by atoms with Crippen LogP contribution in [0.15, 0.2) is 24.3 Å². The highest BCUT2D eigenvalue weighted by Crippen LogP contribution is 2.27. The smallest absolute Gasteiger partial charge is 0.180 e. The van der Waals surface area contributed by atoms with Gasteiger partial charge in [0.05, 0.1) is 19.2 Å². The summed E-state index contributed by atoms with van der Waals surface area (Å²) in [6.07, 6.45) is 2.46. The third kappa shape index (κ3) is 2.86. The van der Waals surface area contributed by atoms with Gasteiger partial charge in [0.2, 0.25) is 0 Å². The Morgan fingerprint density at radius 2 is 2.12 bits per heavy atom. The molecule has 1 aromatic rings. The summed E-state index contributed by atoms with van der Waals surface area (Å²) < 4.78 is 5.22. The standard InChI is InChI=1S/C14H19NO2/c1-3-15(11-8-9-11)10-13(16)12-6-4-5-7-14(12)17-2/h4-7,11H,3,8-10H2,1-2H3. The normalized spacial score (nSPS) is 15.0. The van der Waals surface area contributed by atoms with E-state index in [1.54, 1.807) is 7.11 Å². The minimum Gasteiger partial charge on any atom is -0.496 e. The Morgan fingerprint density at radius 3 is 2.71 bits per heavy atom. The Kier molecular flexibility index (Phi) is 3.79. The van der Waals surface area contributed by atoms with Gasteiger partial charge < -0.3 is 4.74 Å². The Morgan fingerprint density at radius 1 is 1.41 bits per heavy atom. The van der Waals surface area contributed by atoms with Crippen LogP contribution in [0.3, 0.4) is 0 Å². The van der Waals surface area contributed by atoms with Crippen molar-refractivity contribution in [1.29, 1.82) is 0 Å². The summed E-state index contributed by atoms with van der Waals surface area (Å²) in [7, 11) is 1.60. The molecule has 92 valence electrons. The molecule has 1 fully saturated rings. The van der Waals surface area contributed by atoms with Gasteiger partial charge in [-0.05, 0) is 31.5 Å². The van der Waals surface area contributed by atoms with E-state index in [9.17, 15) is 4.79 Å². The topological polar surface area (TPSA) is 29.5 Å². The van der Waals surface area contributed by atoms with Crippen LogP contribution in [-0.4, -0.2) is 36.9 Å². The molecule has 0 unspecified atom stereocenters. The molecule has 1 aliphatic carbocycles. The van der Waals surface area contributed by atoms with Crippen molar-refractivity contribution in [3.05, 3.63) is 29.8 Å². The predicted octanol–water partition coefficient (Wildman–Crippen LogP) is 2.36. The third-order valence-corrected chi connectivity index (χ3v) is 3.22. The maximum atomic E-state index is 12.2. The van der Waals surface area contributed by atoms with Gasteiger partial charge in [0.1, 0.15) is 5.75 Å². The van der Waals surface area contributed by atoms with Crippen molar-refractivity contribution in [1.82, 2.24) is 4.90 Å². The van der Waals surface area contributed by atoms with Crippen LogP contribution >= 0.6 is 0 Å². The summed E-state index contributed by atoms with van der Waals surface area (Å²) in [5.74, 6) is 0.820. The van der Waals surface area contributed by atoms with Gasteiger partial charge in [-0.25, -0.2) is 0 Å². The fraction of sp³-hybridized carbons (Fsp3) is 0.500. The Hall–Kier alpha value is -1.35. The van der Waals surface area contributed by atoms with Crippen molar-refractivity contribution >= 4 is 5.78 Å². The number of carbonyl (C=O) groups excluding carboxylic acids is 1. The highest BCUT2D eigenvalue weighted by atomic mass is 16.5. The first-order chi connectivity index (χ1) is 8.26. The highest BCUT2D eigenvalue weighted by Gasteiger charge is 2.29.